The Morgan fingerprint density at radius 3 is 2.85 bits per heavy atom. The normalized spacial score (nSPS) is 34.8. The topological polar surface area (TPSA) is 43.1 Å². The molecule has 0 radical (unpaired) electrons. The smallest absolute Gasteiger partial charge is 0.225 e. The summed E-state index contributed by atoms with van der Waals surface area (Å²) in [7, 11) is 0. The lowest BCUT2D eigenvalue weighted by Gasteiger charge is -2.55. The van der Waals surface area contributed by atoms with Crippen molar-refractivity contribution in [2.24, 2.45) is 17.3 Å². The summed E-state index contributed by atoms with van der Waals surface area (Å²) in [5.74, 6) is 1.25. The van der Waals surface area contributed by atoms with Crippen molar-refractivity contribution in [1.82, 2.24) is 0 Å². The summed E-state index contributed by atoms with van der Waals surface area (Å²) in [6.07, 6.45) is 4.31. The monoisotopic (exact) mass is 181 g/mol. The minimum absolute atomic E-state index is 0.0564. The fraction of sp³-hybridized carbons (Fsp3) is 0.800. The quantitative estimate of drug-likeness (QED) is 0.372. The molecule has 3 heteroatoms. The number of fused-ring (bicyclic) bond motifs is 1. The van der Waals surface area contributed by atoms with E-state index in [9.17, 15) is 10.1 Å². The SMILES string of the molecule is CC1(C)[C@@H]2CC=C(C[N+](=O)[O-])[C@H]1C2. The number of hydrogen-bond donors (Lipinski definition) is 0. The number of allylic oxidation sites excluding steroid dienone is 1. The first-order valence-electron chi connectivity index (χ1n) is 4.82. The van der Waals surface area contributed by atoms with E-state index in [1.165, 1.54) is 6.42 Å². The van der Waals surface area contributed by atoms with Gasteiger partial charge in [-0.2, -0.15) is 0 Å². The maximum Gasteiger partial charge on any atom is 0.225 e. The molecule has 0 aromatic heterocycles. The van der Waals surface area contributed by atoms with E-state index in [1.54, 1.807) is 0 Å². The average Bonchev–Trinajstić information content (AvgIpc) is 2.03. The predicted octanol–water partition coefficient (Wildman–Crippen LogP) is 2.26. The van der Waals surface area contributed by atoms with Crippen LogP contribution in [0.25, 0.3) is 0 Å². The van der Waals surface area contributed by atoms with E-state index in [0.717, 1.165) is 17.9 Å². The van der Waals surface area contributed by atoms with Gasteiger partial charge in [-0.3, -0.25) is 10.1 Å². The van der Waals surface area contributed by atoms with Crippen molar-refractivity contribution < 1.29 is 4.92 Å². The molecule has 0 heterocycles. The maximum atomic E-state index is 10.4. The molecule has 0 unspecified atom stereocenters. The highest BCUT2D eigenvalue weighted by Crippen LogP contribution is 2.59. The molecule has 3 nitrogen and oxygen atoms in total. The first kappa shape index (κ1) is 8.73. The second kappa shape index (κ2) is 2.56. The maximum absolute atomic E-state index is 10.4. The third kappa shape index (κ3) is 1.18. The summed E-state index contributed by atoms with van der Waals surface area (Å²) in [5, 5.41) is 10.4. The third-order valence-corrected chi connectivity index (χ3v) is 3.89. The molecule has 0 N–H and O–H groups in total. The molecule has 0 aliphatic heterocycles. The van der Waals surface area contributed by atoms with Gasteiger partial charge in [0.15, 0.2) is 0 Å². The lowest BCUT2D eigenvalue weighted by atomic mass is 9.49. The van der Waals surface area contributed by atoms with Crippen LogP contribution in [0.3, 0.4) is 0 Å². The van der Waals surface area contributed by atoms with Gasteiger partial charge in [0.2, 0.25) is 6.54 Å². The zero-order valence-electron chi connectivity index (χ0n) is 8.12. The molecule has 0 amide bonds. The van der Waals surface area contributed by atoms with E-state index in [1.807, 2.05) is 0 Å². The molecule has 2 bridgehead atoms. The summed E-state index contributed by atoms with van der Waals surface area (Å²) in [5.41, 5.74) is 1.39. The molecule has 0 aromatic carbocycles. The zero-order chi connectivity index (χ0) is 9.64. The van der Waals surface area contributed by atoms with Crippen molar-refractivity contribution in [3.8, 4) is 0 Å². The van der Waals surface area contributed by atoms with Crippen LogP contribution in [0.15, 0.2) is 11.6 Å². The molecule has 1 fully saturated rings. The van der Waals surface area contributed by atoms with Crippen LogP contribution in [0.5, 0.6) is 0 Å². The van der Waals surface area contributed by atoms with E-state index >= 15 is 0 Å². The van der Waals surface area contributed by atoms with Gasteiger partial charge in [-0.25, -0.2) is 0 Å². The number of hydrogen-bond acceptors (Lipinski definition) is 2. The number of nitrogens with zero attached hydrogens (tertiary/aromatic N) is 1. The standard InChI is InChI=1S/C10H15NO2/c1-10(2)8-4-3-7(6-11(12)13)9(10)5-8/h3,8-9H,4-6H2,1-2H3/t8-,9-/m1/s1. The van der Waals surface area contributed by atoms with E-state index in [4.69, 9.17) is 0 Å². The molecule has 0 saturated heterocycles. The lowest BCUT2D eigenvalue weighted by Crippen LogP contribution is -2.49. The predicted molar refractivity (Wildman–Crippen MR) is 49.9 cm³/mol. The Bertz CT molecular complexity index is 281. The fourth-order valence-corrected chi connectivity index (χ4v) is 2.80. The van der Waals surface area contributed by atoms with Crippen molar-refractivity contribution in [2.75, 3.05) is 6.54 Å². The first-order valence-corrected chi connectivity index (χ1v) is 4.82. The highest BCUT2D eigenvalue weighted by Gasteiger charge is 2.51. The minimum atomic E-state index is -0.208. The summed E-state index contributed by atoms with van der Waals surface area (Å²) in [6.45, 7) is 4.53. The Balaban J connectivity index is 2.14. The summed E-state index contributed by atoms with van der Waals surface area (Å²) >= 11 is 0. The highest BCUT2D eigenvalue weighted by molar-refractivity contribution is 5.23. The highest BCUT2D eigenvalue weighted by atomic mass is 16.6. The second-order valence-corrected chi connectivity index (χ2v) is 4.81. The van der Waals surface area contributed by atoms with Gasteiger partial charge >= 0.3 is 0 Å². The van der Waals surface area contributed by atoms with E-state index in [-0.39, 0.29) is 11.5 Å². The largest absolute Gasteiger partial charge is 0.264 e. The fourth-order valence-electron chi connectivity index (χ4n) is 2.80. The minimum Gasteiger partial charge on any atom is -0.264 e. The van der Waals surface area contributed by atoms with Crippen LogP contribution in [0.4, 0.5) is 0 Å². The molecule has 0 spiro atoms. The van der Waals surface area contributed by atoms with Gasteiger partial charge < -0.3 is 0 Å². The van der Waals surface area contributed by atoms with Gasteiger partial charge in [-0.15, -0.1) is 0 Å². The molecule has 0 aromatic rings. The van der Waals surface area contributed by atoms with Crippen molar-refractivity contribution >= 4 is 0 Å². The van der Waals surface area contributed by atoms with Gasteiger partial charge in [0.25, 0.3) is 0 Å². The average molecular weight is 181 g/mol. The molecule has 1 saturated carbocycles. The molecule has 3 aliphatic carbocycles. The van der Waals surface area contributed by atoms with E-state index in [2.05, 4.69) is 19.9 Å². The van der Waals surface area contributed by atoms with Gasteiger partial charge in [-0.05, 0) is 35.7 Å². The van der Waals surface area contributed by atoms with Crippen LogP contribution in [-0.4, -0.2) is 11.5 Å². The molecule has 3 rings (SSSR count). The third-order valence-electron chi connectivity index (χ3n) is 3.89. The van der Waals surface area contributed by atoms with Crippen LogP contribution in [-0.2, 0) is 0 Å². The van der Waals surface area contributed by atoms with E-state index in [0.29, 0.717) is 11.3 Å². The van der Waals surface area contributed by atoms with Crippen LogP contribution >= 0.6 is 0 Å². The molecular weight excluding hydrogens is 166 g/mol. The Hall–Kier alpha value is -0.860. The molecule has 72 valence electrons. The summed E-state index contributed by atoms with van der Waals surface area (Å²) < 4.78 is 0. The molecule has 3 aliphatic rings. The van der Waals surface area contributed by atoms with Gasteiger partial charge in [0, 0.05) is 4.92 Å². The van der Waals surface area contributed by atoms with Gasteiger partial charge in [-0.1, -0.05) is 19.9 Å². The number of nitro groups is 1. The number of rotatable bonds is 2. The Kier molecular flexibility index (Phi) is 1.72. The van der Waals surface area contributed by atoms with Gasteiger partial charge in [0.05, 0.1) is 0 Å². The van der Waals surface area contributed by atoms with Crippen molar-refractivity contribution in [1.29, 1.82) is 0 Å². The van der Waals surface area contributed by atoms with E-state index < -0.39 is 0 Å². The Morgan fingerprint density at radius 2 is 2.38 bits per heavy atom. The summed E-state index contributed by atoms with van der Waals surface area (Å²) in [6, 6.07) is 0. The van der Waals surface area contributed by atoms with Crippen molar-refractivity contribution in [3.05, 3.63) is 21.8 Å². The van der Waals surface area contributed by atoms with Gasteiger partial charge in [0.1, 0.15) is 0 Å². The first-order chi connectivity index (χ1) is 6.01. The molecule has 13 heavy (non-hydrogen) atoms. The summed E-state index contributed by atoms with van der Waals surface area (Å²) in [4.78, 5) is 10.2. The van der Waals surface area contributed by atoms with Crippen LogP contribution in [0.1, 0.15) is 26.7 Å². The van der Waals surface area contributed by atoms with Crippen LogP contribution in [0.2, 0.25) is 0 Å². The van der Waals surface area contributed by atoms with Crippen LogP contribution in [0, 0.1) is 27.4 Å². The zero-order valence-corrected chi connectivity index (χ0v) is 8.12. The molecule has 2 atom stereocenters. The molecular formula is C10H15NO2. The lowest BCUT2D eigenvalue weighted by molar-refractivity contribution is -0.473. The van der Waals surface area contributed by atoms with Crippen molar-refractivity contribution in [3.63, 3.8) is 0 Å². The van der Waals surface area contributed by atoms with Crippen LogP contribution < -0.4 is 0 Å². The Morgan fingerprint density at radius 1 is 1.69 bits per heavy atom. The van der Waals surface area contributed by atoms with Crippen molar-refractivity contribution in [2.45, 2.75) is 26.7 Å². The second-order valence-electron chi connectivity index (χ2n) is 4.81. The Labute approximate surface area is 78.0 Å².